The highest BCUT2D eigenvalue weighted by Gasteiger charge is 2.20. The fraction of sp³-hybridized carbons (Fsp3) is 0.444. The van der Waals surface area contributed by atoms with Gasteiger partial charge in [0.2, 0.25) is 0 Å². The molecule has 1 heterocycles. The van der Waals surface area contributed by atoms with Gasteiger partial charge in [-0.15, -0.1) is 0 Å². The maximum absolute atomic E-state index is 5.72. The van der Waals surface area contributed by atoms with Crippen LogP contribution in [0.15, 0.2) is 18.5 Å². The first-order valence-corrected chi connectivity index (χ1v) is 4.28. The minimum atomic E-state index is 0.734. The average molecular weight is 163 g/mol. The molecule has 0 radical (unpaired) electrons. The van der Waals surface area contributed by atoms with E-state index in [0.717, 1.165) is 23.8 Å². The van der Waals surface area contributed by atoms with E-state index >= 15 is 0 Å². The zero-order valence-electron chi connectivity index (χ0n) is 6.96. The molecule has 64 valence electrons. The number of rotatable bonds is 3. The Balaban J connectivity index is 1.96. The molecule has 0 spiro atoms. The van der Waals surface area contributed by atoms with E-state index in [-0.39, 0.29) is 0 Å². The fourth-order valence-electron chi connectivity index (χ4n) is 1.14. The first kappa shape index (κ1) is 7.55. The van der Waals surface area contributed by atoms with Gasteiger partial charge in [-0.25, -0.2) is 0 Å². The largest absolute Gasteiger partial charge is 0.397 e. The topological polar surface area (TPSA) is 50.9 Å². The van der Waals surface area contributed by atoms with Crippen LogP contribution in [0.3, 0.4) is 0 Å². The monoisotopic (exact) mass is 163 g/mol. The molecule has 1 aliphatic rings. The van der Waals surface area contributed by atoms with E-state index in [9.17, 15) is 0 Å². The van der Waals surface area contributed by atoms with Crippen molar-refractivity contribution < 1.29 is 0 Å². The van der Waals surface area contributed by atoms with Crippen molar-refractivity contribution in [3.63, 3.8) is 0 Å². The van der Waals surface area contributed by atoms with E-state index in [1.54, 1.807) is 12.4 Å². The lowest BCUT2D eigenvalue weighted by atomic mass is 10.2. The first-order chi connectivity index (χ1) is 5.86. The molecule has 0 aliphatic heterocycles. The van der Waals surface area contributed by atoms with Gasteiger partial charge in [0.1, 0.15) is 0 Å². The number of pyridine rings is 1. The normalized spacial score (nSPS) is 16.3. The summed E-state index contributed by atoms with van der Waals surface area (Å²) in [6.07, 6.45) is 6.10. The molecule has 1 aliphatic carbocycles. The first-order valence-electron chi connectivity index (χ1n) is 4.28. The molecular weight excluding hydrogens is 150 g/mol. The van der Waals surface area contributed by atoms with Gasteiger partial charge in [0.05, 0.1) is 11.9 Å². The molecule has 3 nitrogen and oxygen atoms in total. The lowest BCUT2D eigenvalue weighted by Crippen LogP contribution is -2.16. The van der Waals surface area contributed by atoms with Crippen molar-refractivity contribution in [2.45, 2.75) is 25.4 Å². The number of hydrogen-bond donors (Lipinski definition) is 2. The van der Waals surface area contributed by atoms with Crippen molar-refractivity contribution in [2.24, 2.45) is 0 Å². The molecule has 0 bridgehead atoms. The second-order valence-electron chi connectivity index (χ2n) is 3.23. The van der Waals surface area contributed by atoms with Crippen LogP contribution < -0.4 is 11.1 Å². The zero-order chi connectivity index (χ0) is 8.39. The summed E-state index contributed by atoms with van der Waals surface area (Å²) in [4.78, 5) is 3.93. The summed E-state index contributed by atoms with van der Waals surface area (Å²) in [6.45, 7) is 0.874. The van der Waals surface area contributed by atoms with E-state index in [0.29, 0.717) is 0 Å². The molecule has 2 rings (SSSR count). The molecule has 12 heavy (non-hydrogen) atoms. The van der Waals surface area contributed by atoms with Gasteiger partial charge in [-0.1, -0.05) is 0 Å². The van der Waals surface area contributed by atoms with Gasteiger partial charge >= 0.3 is 0 Å². The van der Waals surface area contributed by atoms with Crippen molar-refractivity contribution in [2.75, 3.05) is 5.73 Å². The van der Waals surface area contributed by atoms with Crippen LogP contribution in [-0.4, -0.2) is 11.0 Å². The van der Waals surface area contributed by atoms with Gasteiger partial charge in [-0.3, -0.25) is 4.98 Å². The summed E-state index contributed by atoms with van der Waals surface area (Å²) in [5.41, 5.74) is 7.66. The lowest BCUT2D eigenvalue weighted by Gasteiger charge is -2.04. The highest BCUT2D eigenvalue weighted by molar-refractivity contribution is 5.43. The van der Waals surface area contributed by atoms with Crippen LogP contribution in [0.5, 0.6) is 0 Å². The van der Waals surface area contributed by atoms with Crippen LogP contribution in [0.25, 0.3) is 0 Å². The zero-order valence-corrected chi connectivity index (χ0v) is 6.96. The third-order valence-electron chi connectivity index (χ3n) is 2.10. The summed E-state index contributed by atoms with van der Waals surface area (Å²) >= 11 is 0. The van der Waals surface area contributed by atoms with Gasteiger partial charge in [0.25, 0.3) is 0 Å². The van der Waals surface area contributed by atoms with Crippen molar-refractivity contribution in [1.29, 1.82) is 0 Å². The SMILES string of the molecule is Nc1cnccc1CNC1CC1. The lowest BCUT2D eigenvalue weighted by molar-refractivity contribution is 0.688. The van der Waals surface area contributed by atoms with Crippen molar-refractivity contribution in [3.05, 3.63) is 24.0 Å². The number of nitrogens with two attached hydrogens (primary N) is 1. The molecule has 3 heteroatoms. The predicted octanol–water partition coefficient (Wildman–Crippen LogP) is 0.916. The van der Waals surface area contributed by atoms with Crippen LogP contribution in [-0.2, 0) is 6.54 Å². The van der Waals surface area contributed by atoms with Gasteiger partial charge in [-0.05, 0) is 24.5 Å². The number of anilines is 1. The maximum Gasteiger partial charge on any atom is 0.0546 e. The predicted molar refractivity (Wildman–Crippen MR) is 48.5 cm³/mol. The van der Waals surface area contributed by atoms with Crippen LogP contribution in [0, 0.1) is 0 Å². The van der Waals surface area contributed by atoms with Gasteiger partial charge in [0.15, 0.2) is 0 Å². The van der Waals surface area contributed by atoms with Crippen LogP contribution in [0.2, 0.25) is 0 Å². The quantitative estimate of drug-likeness (QED) is 0.696. The van der Waals surface area contributed by atoms with Crippen LogP contribution in [0.1, 0.15) is 18.4 Å². The molecule has 0 amide bonds. The molecule has 1 aromatic rings. The molecule has 0 unspecified atom stereocenters. The van der Waals surface area contributed by atoms with Gasteiger partial charge in [0, 0.05) is 18.8 Å². The van der Waals surface area contributed by atoms with E-state index < -0.39 is 0 Å². The van der Waals surface area contributed by atoms with Crippen molar-refractivity contribution >= 4 is 5.69 Å². The summed E-state index contributed by atoms with van der Waals surface area (Å²) in [5, 5.41) is 3.41. The summed E-state index contributed by atoms with van der Waals surface area (Å²) < 4.78 is 0. The van der Waals surface area contributed by atoms with Crippen molar-refractivity contribution in [1.82, 2.24) is 10.3 Å². The third-order valence-corrected chi connectivity index (χ3v) is 2.10. The Kier molecular flexibility index (Phi) is 1.96. The molecule has 0 aromatic carbocycles. The minimum absolute atomic E-state index is 0.734. The molecule has 1 aromatic heterocycles. The molecule has 0 saturated heterocycles. The smallest absolute Gasteiger partial charge is 0.0546 e. The second-order valence-corrected chi connectivity index (χ2v) is 3.23. The van der Waals surface area contributed by atoms with Gasteiger partial charge in [-0.2, -0.15) is 0 Å². The Labute approximate surface area is 72.0 Å². The molecular formula is C9H13N3. The van der Waals surface area contributed by atoms with Crippen LogP contribution in [0.4, 0.5) is 5.69 Å². The minimum Gasteiger partial charge on any atom is -0.397 e. The molecule has 1 fully saturated rings. The summed E-state index contributed by atoms with van der Waals surface area (Å²) in [7, 11) is 0. The number of nitrogens with zero attached hydrogens (tertiary/aromatic N) is 1. The number of aromatic nitrogens is 1. The van der Waals surface area contributed by atoms with E-state index in [4.69, 9.17) is 5.73 Å². The highest BCUT2D eigenvalue weighted by Crippen LogP contribution is 2.20. The molecule has 3 N–H and O–H groups in total. The number of hydrogen-bond acceptors (Lipinski definition) is 3. The third kappa shape index (κ3) is 1.74. The molecule has 1 saturated carbocycles. The maximum atomic E-state index is 5.72. The number of nitrogen functional groups attached to an aromatic ring is 1. The van der Waals surface area contributed by atoms with E-state index in [2.05, 4.69) is 10.3 Å². The molecule has 0 atom stereocenters. The Morgan fingerprint density at radius 3 is 3.08 bits per heavy atom. The average Bonchev–Trinajstić information content (AvgIpc) is 2.86. The highest BCUT2D eigenvalue weighted by atomic mass is 14.9. The standard InChI is InChI=1S/C9H13N3/c10-9-6-11-4-3-7(9)5-12-8-1-2-8/h3-4,6,8,12H,1-2,5,10H2. The van der Waals surface area contributed by atoms with E-state index in [1.165, 1.54) is 12.8 Å². The van der Waals surface area contributed by atoms with E-state index in [1.807, 2.05) is 6.07 Å². The Morgan fingerprint density at radius 1 is 1.58 bits per heavy atom. The Bertz CT molecular complexity index is 268. The van der Waals surface area contributed by atoms with Gasteiger partial charge < -0.3 is 11.1 Å². The Hall–Kier alpha value is -1.09. The second kappa shape index (κ2) is 3.11. The Morgan fingerprint density at radius 2 is 2.42 bits per heavy atom. The fourth-order valence-corrected chi connectivity index (χ4v) is 1.14. The summed E-state index contributed by atoms with van der Waals surface area (Å²) in [6, 6.07) is 2.70. The van der Waals surface area contributed by atoms with Crippen LogP contribution >= 0.6 is 0 Å². The van der Waals surface area contributed by atoms with Crippen molar-refractivity contribution in [3.8, 4) is 0 Å². The summed E-state index contributed by atoms with van der Waals surface area (Å²) in [5.74, 6) is 0. The number of nitrogens with one attached hydrogen (secondary N) is 1.